The average Bonchev–Trinajstić information content (AvgIpc) is 2.69. The monoisotopic (exact) mass is 274 g/mol. The van der Waals surface area contributed by atoms with Gasteiger partial charge in [0.1, 0.15) is 6.04 Å². The zero-order valence-electron chi connectivity index (χ0n) is 10.4. The molecular weight excluding hydrogens is 256 g/mol. The molecule has 1 heterocycles. The highest BCUT2D eigenvalue weighted by atomic mass is 32.2. The number of hydrogen-bond acceptors (Lipinski definition) is 4. The van der Waals surface area contributed by atoms with Gasteiger partial charge < -0.3 is 15.7 Å². The molecule has 0 aromatic heterocycles. The predicted octanol–water partition coefficient (Wildman–Crippen LogP) is 0.674. The Morgan fingerprint density at radius 1 is 1.56 bits per heavy atom. The molecule has 0 spiro atoms. The van der Waals surface area contributed by atoms with Crippen LogP contribution in [0.15, 0.2) is 0 Å². The van der Waals surface area contributed by atoms with Crippen LogP contribution in [0.2, 0.25) is 0 Å². The number of amides is 2. The Morgan fingerprint density at radius 2 is 2.22 bits per heavy atom. The lowest BCUT2D eigenvalue weighted by Gasteiger charge is -2.16. The molecule has 0 bridgehead atoms. The molecule has 0 aromatic rings. The molecule has 0 aromatic carbocycles. The number of carbonyl (C=O) groups excluding carboxylic acids is 2. The van der Waals surface area contributed by atoms with E-state index < -0.39 is 17.9 Å². The first-order valence-corrected chi connectivity index (χ1v) is 6.82. The SMILES string of the molecule is CC(C)CC(CNC(=O)C1CSC(=O)N1)C(=O)O. The Labute approximate surface area is 110 Å². The lowest BCUT2D eigenvalue weighted by atomic mass is 9.97. The van der Waals surface area contributed by atoms with Gasteiger partial charge in [-0.1, -0.05) is 25.6 Å². The van der Waals surface area contributed by atoms with Crippen LogP contribution in [0.25, 0.3) is 0 Å². The molecule has 1 rings (SSSR count). The van der Waals surface area contributed by atoms with Crippen LogP contribution < -0.4 is 10.6 Å². The molecule has 0 aliphatic carbocycles. The number of carboxylic acid groups (broad SMARTS) is 1. The maximum Gasteiger partial charge on any atom is 0.308 e. The molecule has 2 amide bonds. The number of rotatable bonds is 6. The topological polar surface area (TPSA) is 95.5 Å². The van der Waals surface area contributed by atoms with Crippen LogP contribution >= 0.6 is 11.8 Å². The number of hydrogen-bond donors (Lipinski definition) is 3. The second-order valence-electron chi connectivity index (χ2n) is 4.71. The molecule has 2 unspecified atom stereocenters. The first-order valence-electron chi connectivity index (χ1n) is 5.84. The molecule has 7 heteroatoms. The van der Waals surface area contributed by atoms with E-state index >= 15 is 0 Å². The van der Waals surface area contributed by atoms with Crippen LogP contribution in [0, 0.1) is 11.8 Å². The Balaban J connectivity index is 2.39. The summed E-state index contributed by atoms with van der Waals surface area (Å²) in [5.74, 6) is -1.16. The number of carbonyl (C=O) groups is 3. The van der Waals surface area contributed by atoms with Gasteiger partial charge in [-0.05, 0) is 12.3 Å². The number of nitrogens with one attached hydrogen (secondary N) is 2. The minimum Gasteiger partial charge on any atom is -0.481 e. The van der Waals surface area contributed by atoms with Gasteiger partial charge in [0.15, 0.2) is 0 Å². The molecule has 18 heavy (non-hydrogen) atoms. The highest BCUT2D eigenvalue weighted by molar-refractivity contribution is 8.14. The van der Waals surface area contributed by atoms with Crippen molar-refractivity contribution in [1.82, 2.24) is 10.6 Å². The first-order chi connectivity index (χ1) is 8.40. The van der Waals surface area contributed by atoms with Gasteiger partial charge >= 0.3 is 5.97 Å². The highest BCUT2D eigenvalue weighted by Crippen LogP contribution is 2.14. The van der Waals surface area contributed by atoms with E-state index in [9.17, 15) is 14.4 Å². The van der Waals surface area contributed by atoms with Gasteiger partial charge in [-0.2, -0.15) is 0 Å². The van der Waals surface area contributed by atoms with Crippen LogP contribution in [0.1, 0.15) is 20.3 Å². The summed E-state index contributed by atoms with van der Waals surface area (Å²) < 4.78 is 0. The fourth-order valence-electron chi connectivity index (χ4n) is 1.71. The van der Waals surface area contributed by atoms with E-state index in [0.717, 1.165) is 11.8 Å². The van der Waals surface area contributed by atoms with E-state index in [4.69, 9.17) is 5.11 Å². The van der Waals surface area contributed by atoms with E-state index in [1.807, 2.05) is 13.8 Å². The lowest BCUT2D eigenvalue weighted by molar-refractivity contribution is -0.142. The van der Waals surface area contributed by atoms with Gasteiger partial charge in [-0.3, -0.25) is 14.4 Å². The third-order valence-electron chi connectivity index (χ3n) is 2.62. The average molecular weight is 274 g/mol. The van der Waals surface area contributed by atoms with Gasteiger partial charge in [0, 0.05) is 12.3 Å². The second-order valence-corrected chi connectivity index (χ2v) is 5.70. The molecule has 1 aliphatic heterocycles. The maximum absolute atomic E-state index is 11.7. The Hall–Kier alpha value is -1.24. The summed E-state index contributed by atoms with van der Waals surface area (Å²) in [5.41, 5.74) is 0. The number of carboxylic acids is 1. The second kappa shape index (κ2) is 6.63. The van der Waals surface area contributed by atoms with Crippen molar-refractivity contribution in [2.24, 2.45) is 11.8 Å². The van der Waals surface area contributed by atoms with Crippen molar-refractivity contribution in [2.75, 3.05) is 12.3 Å². The van der Waals surface area contributed by atoms with Crippen molar-refractivity contribution >= 4 is 28.9 Å². The summed E-state index contributed by atoms with van der Waals surface area (Å²) >= 11 is 1.06. The summed E-state index contributed by atoms with van der Waals surface area (Å²) in [4.78, 5) is 33.6. The third-order valence-corrected chi connectivity index (χ3v) is 3.50. The maximum atomic E-state index is 11.7. The molecule has 1 saturated heterocycles. The van der Waals surface area contributed by atoms with Gasteiger partial charge in [0.25, 0.3) is 5.24 Å². The molecule has 0 radical (unpaired) electrons. The standard InChI is InChI=1S/C11H18N2O4S/c1-6(2)3-7(10(15)16)4-12-9(14)8-5-18-11(17)13-8/h6-8H,3-5H2,1-2H3,(H,12,14)(H,13,17)(H,15,16). The minimum atomic E-state index is -0.908. The zero-order valence-corrected chi connectivity index (χ0v) is 11.3. The summed E-state index contributed by atoms with van der Waals surface area (Å²) in [6.45, 7) is 3.97. The van der Waals surface area contributed by atoms with E-state index in [0.29, 0.717) is 12.2 Å². The van der Waals surface area contributed by atoms with Crippen molar-refractivity contribution in [1.29, 1.82) is 0 Å². The van der Waals surface area contributed by atoms with Crippen molar-refractivity contribution in [3.05, 3.63) is 0 Å². The molecule has 1 fully saturated rings. The van der Waals surface area contributed by atoms with Gasteiger partial charge in [0.05, 0.1) is 5.92 Å². The largest absolute Gasteiger partial charge is 0.481 e. The summed E-state index contributed by atoms with van der Waals surface area (Å²) in [7, 11) is 0. The van der Waals surface area contributed by atoms with Crippen LogP contribution in [0.5, 0.6) is 0 Å². The van der Waals surface area contributed by atoms with E-state index in [1.54, 1.807) is 0 Å². The summed E-state index contributed by atoms with van der Waals surface area (Å²) in [5, 5.41) is 13.9. The Kier molecular flexibility index (Phi) is 5.46. The van der Waals surface area contributed by atoms with Crippen molar-refractivity contribution < 1.29 is 19.5 Å². The van der Waals surface area contributed by atoms with E-state index in [2.05, 4.69) is 10.6 Å². The molecule has 6 nitrogen and oxygen atoms in total. The first kappa shape index (κ1) is 14.8. The fourth-order valence-corrected chi connectivity index (χ4v) is 2.49. The Morgan fingerprint density at radius 3 is 2.67 bits per heavy atom. The molecule has 102 valence electrons. The van der Waals surface area contributed by atoms with Crippen LogP contribution in [-0.2, 0) is 9.59 Å². The van der Waals surface area contributed by atoms with Gasteiger partial charge in [-0.15, -0.1) is 0 Å². The van der Waals surface area contributed by atoms with Crippen LogP contribution in [0.3, 0.4) is 0 Å². The number of thioether (sulfide) groups is 1. The third kappa shape index (κ3) is 4.56. The number of aliphatic carboxylic acids is 1. The van der Waals surface area contributed by atoms with Gasteiger partial charge in [0.2, 0.25) is 5.91 Å². The highest BCUT2D eigenvalue weighted by Gasteiger charge is 2.29. The lowest BCUT2D eigenvalue weighted by Crippen LogP contribution is -2.45. The minimum absolute atomic E-state index is 0.101. The smallest absolute Gasteiger partial charge is 0.308 e. The Bertz CT molecular complexity index is 346. The predicted molar refractivity (Wildman–Crippen MR) is 68.4 cm³/mol. The van der Waals surface area contributed by atoms with E-state index in [1.165, 1.54) is 0 Å². The normalized spacial score (nSPS) is 20.6. The van der Waals surface area contributed by atoms with Gasteiger partial charge in [-0.25, -0.2) is 0 Å². The van der Waals surface area contributed by atoms with Crippen LogP contribution in [0.4, 0.5) is 4.79 Å². The van der Waals surface area contributed by atoms with E-state index in [-0.39, 0.29) is 23.6 Å². The molecular formula is C11H18N2O4S. The fraction of sp³-hybridized carbons (Fsp3) is 0.727. The zero-order chi connectivity index (χ0) is 13.7. The van der Waals surface area contributed by atoms with Crippen molar-refractivity contribution in [2.45, 2.75) is 26.3 Å². The van der Waals surface area contributed by atoms with Crippen molar-refractivity contribution in [3.63, 3.8) is 0 Å². The molecule has 0 saturated carbocycles. The summed E-state index contributed by atoms with van der Waals surface area (Å²) in [6.07, 6.45) is 0.515. The quantitative estimate of drug-likeness (QED) is 0.662. The molecule has 3 N–H and O–H groups in total. The molecule has 2 atom stereocenters. The summed E-state index contributed by atoms with van der Waals surface area (Å²) in [6, 6.07) is -0.545. The van der Waals surface area contributed by atoms with Crippen molar-refractivity contribution in [3.8, 4) is 0 Å². The molecule has 1 aliphatic rings. The van der Waals surface area contributed by atoms with Crippen LogP contribution in [-0.4, -0.2) is 40.6 Å².